The summed E-state index contributed by atoms with van der Waals surface area (Å²) in [6.45, 7) is 14.4. The molecule has 1 aliphatic heterocycles. The van der Waals surface area contributed by atoms with Crippen LogP contribution in [0.15, 0.2) is 155 Å². The topological polar surface area (TPSA) is 9.23 Å². The zero-order valence-corrected chi connectivity index (χ0v) is 31.0. The van der Waals surface area contributed by atoms with Crippen molar-refractivity contribution in [3.63, 3.8) is 0 Å². The summed E-state index contributed by atoms with van der Waals surface area (Å²) in [5.74, 6) is 2.24. The molecule has 4 aromatic rings. The van der Waals surface area contributed by atoms with Gasteiger partial charge >= 0.3 is 0 Å². The predicted octanol–water partition coefficient (Wildman–Crippen LogP) is 14.6. The van der Waals surface area contributed by atoms with Gasteiger partial charge in [-0.15, -0.1) is 0 Å². The summed E-state index contributed by atoms with van der Waals surface area (Å²) in [6, 6.07) is 33.2. The fraction of sp³-hybridized carbons (Fsp3) is 0.234. The highest BCUT2D eigenvalue weighted by Crippen LogP contribution is 2.48. The second-order valence-corrected chi connectivity index (χ2v) is 13.1. The highest BCUT2D eigenvalue weighted by Gasteiger charge is 2.27. The Kier molecular flexibility index (Phi) is 12.6. The van der Waals surface area contributed by atoms with Gasteiger partial charge in [0.15, 0.2) is 0 Å². The summed E-state index contributed by atoms with van der Waals surface area (Å²) in [7, 11) is 0. The van der Waals surface area contributed by atoms with E-state index in [1.165, 1.54) is 49.4 Å². The molecule has 1 atom stereocenters. The summed E-state index contributed by atoms with van der Waals surface area (Å²) >= 11 is 1.78. The van der Waals surface area contributed by atoms with Crippen LogP contribution in [0.2, 0.25) is 0 Å². The van der Waals surface area contributed by atoms with Gasteiger partial charge in [-0.25, -0.2) is 0 Å². The van der Waals surface area contributed by atoms with Crippen LogP contribution in [0.4, 0.5) is 0 Å². The number of para-hydroxylation sites is 1. The van der Waals surface area contributed by atoms with Gasteiger partial charge in [0.25, 0.3) is 0 Å². The number of rotatable bonds is 7. The minimum absolute atomic E-state index is 0.379. The lowest BCUT2D eigenvalue weighted by molar-refractivity contribution is 0.429. The maximum absolute atomic E-state index is 6.48. The molecule has 4 aromatic carbocycles. The van der Waals surface area contributed by atoms with Crippen molar-refractivity contribution < 1.29 is 4.74 Å². The predicted molar refractivity (Wildman–Crippen MR) is 216 cm³/mol. The van der Waals surface area contributed by atoms with Crippen molar-refractivity contribution in [1.82, 2.24) is 0 Å². The SMILES string of the molecule is C/C=C\C1=C(C)Sc2cccc(-c3cccc(-c4ccc5c(c4)C(/C=C\CCC)=CC4=CC(c6ccccc6)=CCC45)c3)c2O1.CC.CC. The van der Waals surface area contributed by atoms with Gasteiger partial charge in [-0.1, -0.05) is 162 Å². The number of ether oxygens (including phenoxy) is 1. The first-order chi connectivity index (χ1) is 24.1. The van der Waals surface area contributed by atoms with Crippen LogP contribution in [-0.2, 0) is 0 Å². The molecule has 3 aliphatic rings. The first kappa shape index (κ1) is 35.8. The third-order valence-electron chi connectivity index (χ3n) is 8.85. The van der Waals surface area contributed by atoms with Crippen molar-refractivity contribution in [2.24, 2.45) is 0 Å². The van der Waals surface area contributed by atoms with E-state index >= 15 is 0 Å². The first-order valence-electron chi connectivity index (χ1n) is 18.1. The van der Waals surface area contributed by atoms with E-state index in [-0.39, 0.29) is 0 Å². The Labute approximate surface area is 299 Å². The van der Waals surface area contributed by atoms with E-state index < -0.39 is 0 Å². The maximum atomic E-state index is 6.48. The van der Waals surface area contributed by atoms with Gasteiger partial charge in [-0.2, -0.15) is 0 Å². The van der Waals surface area contributed by atoms with Gasteiger partial charge in [0, 0.05) is 16.4 Å². The molecule has 0 saturated heterocycles. The molecular weight excluding hydrogens is 613 g/mol. The summed E-state index contributed by atoms with van der Waals surface area (Å²) in [5.41, 5.74) is 12.8. The van der Waals surface area contributed by atoms with E-state index in [9.17, 15) is 0 Å². The van der Waals surface area contributed by atoms with Crippen LogP contribution in [0.5, 0.6) is 5.75 Å². The molecule has 0 N–H and O–H groups in total. The molecule has 1 unspecified atom stereocenters. The zero-order chi connectivity index (χ0) is 34.8. The average molecular weight is 663 g/mol. The number of unbranched alkanes of at least 4 members (excludes halogenated alkanes) is 1. The van der Waals surface area contributed by atoms with Crippen molar-refractivity contribution in [2.45, 2.75) is 78.5 Å². The maximum Gasteiger partial charge on any atom is 0.149 e. The molecule has 0 saturated carbocycles. The minimum Gasteiger partial charge on any atom is -0.455 e. The lowest BCUT2D eigenvalue weighted by Gasteiger charge is -2.30. The van der Waals surface area contributed by atoms with Crippen LogP contribution >= 0.6 is 11.8 Å². The largest absolute Gasteiger partial charge is 0.455 e. The van der Waals surface area contributed by atoms with Gasteiger partial charge < -0.3 is 4.74 Å². The molecule has 1 heterocycles. The van der Waals surface area contributed by atoms with Crippen molar-refractivity contribution in [3.05, 3.63) is 166 Å². The van der Waals surface area contributed by atoms with E-state index in [2.05, 4.69) is 141 Å². The fourth-order valence-electron chi connectivity index (χ4n) is 6.56. The number of benzene rings is 4. The summed E-state index contributed by atoms with van der Waals surface area (Å²) in [5, 5.41) is 0. The minimum atomic E-state index is 0.379. The second kappa shape index (κ2) is 17.2. The van der Waals surface area contributed by atoms with Gasteiger partial charge in [-0.3, -0.25) is 0 Å². The third-order valence-corrected chi connectivity index (χ3v) is 9.89. The first-order valence-corrected chi connectivity index (χ1v) is 18.9. The van der Waals surface area contributed by atoms with Crippen LogP contribution in [0.25, 0.3) is 33.4 Å². The average Bonchev–Trinajstić information content (AvgIpc) is 3.16. The third kappa shape index (κ3) is 7.87. The van der Waals surface area contributed by atoms with Crippen LogP contribution < -0.4 is 4.74 Å². The van der Waals surface area contributed by atoms with Crippen LogP contribution in [0, 0.1) is 0 Å². The molecular formula is C47H50OS. The normalized spacial score (nSPS) is 16.1. The quantitative estimate of drug-likeness (QED) is 0.195. The zero-order valence-electron chi connectivity index (χ0n) is 30.2. The molecule has 0 amide bonds. The molecule has 0 bridgehead atoms. The Bertz CT molecular complexity index is 1950. The molecule has 2 aliphatic carbocycles. The molecule has 0 fully saturated rings. The van der Waals surface area contributed by atoms with Gasteiger partial charge in [-0.05, 0) is 101 Å². The molecule has 1 nitrogen and oxygen atoms in total. The molecule has 0 spiro atoms. The molecule has 7 rings (SSSR count). The van der Waals surface area contributed by atoms with Gasteiger partial charge in [0.05, 0.1) is 4.90 Å². The monoisotopic (exact) mass is 662 g/mol. The lowest BCUT2D eigenvalue weighted by atomic mass is 9.74. The standard InChI is InChI=1S/C43H38OS.2C2H6/c1-4-6-8-16-35-27-36-26-32(30-14-9-7-10-15-30)21-23-37(36)39-24-22-33(28-40(35)39)31-17-11-18-34(25-31)38-19-12-20-42-43(38)44-41(13-5-2)29(3)45-42;2*1-2/h5,7-22,24-28,37H,4,6,23H2,1-3H3;2*1-2H3/b13-5-,16-8-;;. The fourth-order valence-corrected chi connectivity index (χ4v) is 7.49. The molecule has 2 heteroatoms. The number of fused-ring (bicyclic) bond motifs is 4. The Hall–Kier alpha value is -4.53. The van der Waals surface area contributed by atoms with Crippen molar-refractivity contribution >= 4 is 22.9 Å². The van der Waals surface area contributed by atoms with E-state index in [1.54, 1.807) is 11.8 Å². The van der Waals surface area contributed by atoms with Crippen molar-refractivity contribution in [3.8, 4) is 28.0 Å². The highest BCUT2D eigenvalue weighted by atomic mass is 32.2. The van der Waals surface area contributed by atoms with Crippen LogP contribution in [-0.4, -0.2) is 0 Å². The molecule has 250 valence electrons. The Morgan fingerprint density at radius 1 is 0.755 bits per heavy atom. The van der Waals surface area contributed by atoms with Crippen LogP contribution in [0.3, 0.4) is 0 Å². The van der Waals surface area contributed by atoms with E-state index in [4.69, 9.17) is 4.74 Å². The number of hydrogen-bond acceptors (Lipinski definition) is 2. The number of hydrogen-bond donors (Lipinski definition) is 0. The van der Waals surface area contributed by atoms with E-state index in [0.717, 1.165) is 46.8 Å². The Morgan fingerprint density at radius 3 is 2.27 bits per heavy atom. The van der Waals surface area contributed by atoms with Crippen LogP contribution in [0.1, 0.15) is 90.3 Å². The second-order valence-electron chi connectivity index (χ2n) is 11.9. The van der Waals surface area contributed by atoms with Crippen molar-refractivity contribution in [1.29, 1.82) is 0 Å². The summed E-state index contributed by atoms with van der Waals surface area (Å²) < 4.78 is 6.48. The molecule has 0 aromatic heterocycles. The Balaban J connectivity index is 0.00000113. The number of allylic oxidation sites excluding steroid dienone is 11. The Morgan fingerprint density at radius 2 is 1.49 bits per heavy atom. The van der Waals surface area contributed by atoms with E-state index in [0.29, 0.717) is 5.92 Å². The highest BCUT2D eigenvalue weighted by molar-refractivity contribution is 8.03. The number of thioether (sulfide) groups is 1. The van der Waals surface area contributed by atoms with Crippen molar-refractivity contribution in [2.75, 3.05) is 0 Å². The molecule has 0 radical (unpaired) electrons. The smallest absolute Gasteiger partial charge is 0.149 e. The summed E-state index contributed by atoms with van der Waals surface area (Å²) in [6.07, 6.45) is 19.2. The molecule has 49 heavy (non-hydrogen) atoms. The summed E-state index contributed by atoms with van der Waals surface area (Å²) in [4.78, 5) is 2.34. The van der Waals surface area contributed by atoms with E-state index in [1.807, 2.05) is 40.7 Å². The lowest BCUT2D eigenvalue weighted by Crippen LogP contribution is -2.12. The van der Waals surface area contributed by atoms with Gasteiger partial charge in [0.1, 0.15) is 11.5 Å². The van der Waals surface area contributed by atoms with Gasteiger partial charge in [0.2, 0.25) is 0 Å².